The van der Waals surface area contributed by atoms with Crippen molar-refractivity contribution in [3.8, 4) is 0 Å². The molecular weight excluding hydrogens is 155 g/mol. The van der Waals surface area contributed by atoms with E-state index in [1.165, 1.54) is 0 Å². The second-order valence-electron chi connectivity index (χ2n) is 2.75. The smallest absolute Gasteiger partial charge is 0.327 e. The Morgan fingerprint density at radius 1 is 1.18 bits per heavy atom. The highest BCUT2D eigenvalue weighted by Gasteiger charge is 2.42. The Hall–Kier alpha value is -0.510. The lowest BCUT2D eigenvalue weighted by molar-refractivity contribution is -0.179. The fourth-order valence-corrected chi connectivity index (χ4v) is 1.21. The second-order valence-corrected chi connectivity index (χ2v) is 2.75. The lowest BCUT2D eigenvalue weighted by atomic mass is 9.89. The maximum atomic E-state index is 12.1. The van der Waals surface area contributed by atoms with Gasteiger partial charge in [-0.25, -0.2) is 0 Å². The summed E-state index contributed by atoms with van der Waals surface area (Å²) in [5.41, 5.74) is 5.29. The molecule has 0 aromatic rings. The van der Waals surface area contributed by atoms with Crippen LogP contribution >= 0.6 is 0 Å². The van der Waals surface area contributed by atoms with Crippen LogP contribution in [0, 0.1) is 5.92 Å². The predicted molar refractivity (Wildman–Crippen MR) is 35.9 cm³/mol. The van der Waals surface area contributed by atoms with Gasteiger partial charge in [0.2, 0.25) is 0 Å². The molecule has 11 heavy (non-hydrogen) atoms. The van der Waals surface area contributed by atoms with Crippen LogP contribution in [0.3, 0.4) is 0 Å². The number of hydrogen-bond acceptors (Lipinski definition) is 1. The van der Waals surface area contributed by atoms with E-state index in [1.54, 1.807) is 12.2 Å². The molecule has 0 bridgehead atoms. The first-order chi connectivity index (χ1) is 5.02. The minimum Gasteiger partial charge on any atom is -0.327 e. The van der Waals surface area contributed by atoms with E-state index in [4.69, 9.17) is 5.73 Å². The zero-order valence-electron chi connectivity index (χ0n) is 5.93. The average Bonchev–Trinajstić information content (AvgIpc) is 1.86. The molecule has 1 aliphatic carbocycles. The van der Waals surface area contributed by atoms with Crippen LogP contribution in [-0.4, -0.2) is 12.2 Å². The highest BCUT2D eigenvalue weighted by atomic mass is 19.4. The fraction of sp³-hybridized carbons (Fsp3) is 0.714. The molecule has 0 saturated heterocycles. The maximum Gasteiger partial charge on any atom is 0.393 e. The van der Waals surface area contributed by atoms with Gasteiger partial charge in [-0.15, -0.1) is 0 Å². The number of halogens is 3. The highest BCUT2D eigenvalue weighted by molar-refractivity contribution is 4.98. The summed E-state index contributed by atoms with van der Waals surface area (Å²) >= 11 is 0. The third-order valence-electron chi connectivity index (χ3n) is 1.90. The molecular formula is C7H10F3N. The Bertz CT molecular complexity index is 162. The van der Waals surface area contributed by atoms with Crippen molar-refractivity contribution in [2.24, 2.45) is 11.7 Å². The molecule has 1 aliphatic rings. The Kier molecular flexibility index (Phi) is 2.23. The zero-order chi connectivity index (χ0) is 8.48. The molecule has 0 aromatic carbocycles. The van der Waals surface area contributed by atoms with E-state index in [2.05, 4.69) is 0 Å². The predicted octanol–water partition coefficient (Wildman–Crippen LogP) is 1.84. The van der Waals surface area contributed by atoms with E-state index in [9.17, 15) is 13.2 Å². The molecule has 0 amide bonds. The summed E-state index contributed by atoms with van der Waals surface area (Å²) in [5.74, 6) is -1.34. The summed E-state index contributed by atoms with van der Waals surface area (Å²) in [5, 5.41) is 0. The number of allylic oxidation sites excluding steroid dienone is 1. The van der Waals surface area contributed by atoms with Crippen LogP contribution in [0.15, 0.2) is 12.2 Å². The fourth-order valence-electron chi connectivity index (χ4n) is 1.21. The molecule has 0 fully saturated rings. The van der Waals surface area contributed by atoms with Crippen LogP contribution < -0.4 is 5.73 Å². The van der Waals surface area contributed by atoms with Gasteiger partial charge in [0.25, 0.3) is 0 Å². The van der Waals surface area contributed by atoms with Crippen molar-refractivity contribution in [3.05, 3.63) is 12.2 Å². The largest absolute Gasteiger partial charge is 0.393 e. The molecule has 4 heteroatoms. The lowest BCUT2D eigenvalue weighted by Crippen LogP contribution is -2.40. The summed E-state index contributed by atoms with van der Waals surface area (Å²) in [4.78, 5) is 0. The van der Waals surface area contributed by atoms with Gasteiger partial charge in [-0.2, -0.15) is 13.2 Å². The maximum absolute atomic E-state index is 12.1. The minimum absolute atomic E-state index is 0.0324. The molecule has 0 spiro atoms. The van der Waals surface area contributed by atoms with Crippen molar-refractivity contribution in [2.75, 3.05) is 0 Å². The van der Waals surface area contributed by atoms with Crippen molar-refractivity contribution >= 4 is 0 Å². The van der Waals surface area contributed by atoms with Gasteiger partial charge in [0.1, 0.15) is 0 Å². The van der Waals surface area contributed by atoms with Crippen LogP contribution in [0.5, 0.6) is 0 Å². The number of nitrogens with two attached hydrogens (primary N) is 1. The Morgan fingerprint density at radius 2 is 1.73 bits per heavy atom. The van der Waals surface area contributed by atoms with Gasteiger partial charge in [0.05, 0.1) is 5.92 Å². The standard InChI is InChI=1S/C7H10F3N/c8-7(9,10)5-3-1-2-4-6(5)11/h1-2,5-6H,3-4,11H2. The topological polar surface area (TPSA) is 26.0 Å². The molecule has 0 saturated carbocycles. The molecule has 1 nitrogen and oxygen atoms in total. The Labute approximate surface area is 63.1 Å². The van der Waals surface area contributed by atoms with E-state index < -0.39 is 18.1 Å². The Morgan fingerprint density at radius 3 is 2.09 bits per heavy atom. The van der Waals surface area contributed by atoms with Gasteiger partial charge in [0.15, 0.2) is 0 Å². The molecule has 0 heterocycles. The van der Waals surface area contributed by atoms with Gasteiger partial charge < -0.3 is 5.73 Å². The number of alkyl halides is 3. The van der Waals surface area contributed by atoms with Crippen LogP contribution in [0.4, 0.5) is 13.2 Å². The second kappa shape index (κ2) is 2.85. The van der Waals surface area contributed by atoms with Crippen molar-refractivity contribution < 1.29 is 13.2 Å². The molecule has 0 radical (unpaired) electrons. The molecule has 2 unspecified atom stereocenters. The van der Waals surface area contributed by atoms with Crippen molar-refractivity contribution in [1.82, 2.24) is 0 Å². The van der Waals surface area contributed by atoms with Gasteiger partial charge in [-0.05, 0) is 12.8 Å². The molecule has 2 N–H and O–H groups in total. The summed E-state index contributed by atoms with van der Waals surface area (Å²) in [6.07, 6.45) is -0.520. The quantitative estimate of drug-likeness (QED) is 0.544. The van der Waals surface area contributed by atoms with Gasteiger partial charge in [-0.1, -0.05) is 12.2 Å². The lowest BCUT2D eigenvalue weighted by Gasteiger charge is -2.26. The molecule has 1 rings (SSSR count). The van der Waals surface area contributed by atoms with Crippen molar-refractivity contribution in [3.63, 3.8) is 0 Å². The third-order valence-corrected chi connectivity index (χ3v) is 1.90. The molecule has 0 aliphatic heterocycles. The van der Waals surface area contributed by atoms with E-state index in [-0.39, 0.29) is 6.42 Å². The first-order valence-electron chi connectivity index (χ1n) is 3.49. The van der Waals surface area contributed by atoms with E-state index in [1.807, 2.05) is 0 Å². The summed E-state index contributed by atoms with van der Waals surface area (Å²) < 4.78 is 36.2. The molecule has 2 atom stereocenters. The minimum atomic E-state index is -4.13. The van der Waals surface area contributed by atoms with Gasteiger partial charge in [0, 0.05) is 6.04 Å². The third kappa shape index (κ3) is 1.96. The Balaban J connectivity index is 2.64. The molecule has 0 aromatic heterocycles. The zero-order valence-corrected chi connectivity index (χ0v) is 5.93. The summed E-state index contributed by atoms with van der Waals surface area (Å²) in [6.45, 7) is 0. The molecule has 64 valence electrons. The average molecular weight is 165 g/mol. The van der Waals surface area contributed by atoms with Crippen molar-refractivity contribution in [2.45, 2.75) is 25.1 Å². The summed E-state index contributed by atoms with van der Waals surface area (Å²) in [7, 11) is 0. The SMILES string of the molecule is NC1CC=CCC1C(F)(F)F. The first kappa shape index (κ1) is 8.59. The summed E-state index contributed by atoms with van der Waals surface area (Å²) in [6, 6.07) is -0.750. The number of hydrogen-bond donors (Lipinski definition) is 1. The number of rotatable bonds is 0. The van der Waals surface area contributed by atoms with Crippen LogP contribution in [-0.2, 0) is 0 Å². The van der Waals surface area contributed by atoms with Crippen LogP contribution in [0.25, 0.3) is 0 Å². The first-order valence-corrected chi connectivity index (χ1v) is 3.49. The van der Waals surface area contributed by atoms with Crippen molar-refractivity contribution in [1.29, 1.82) is 0 Å². The highest BCUT2D eigenvalue weighted by Crippen LogP contribution is 2.34. The van der Waals surface area contributed by atoms with E-state index >= 15 is 0 Å². The normalized spacial score (nSPS) is 32.4. The van der Waals surface area contributed by atoms with Gasteiger partial charge >= 0.3 is 6.18 Å². The monoisotopic (exact) mass is 165 g/mol. The van der Waals surface area contributed by atoms with E-state index in [0.717, 1.165) is 0 Å². The van der Waals surface area contributed by atoms with Crippen LogP contribution in [0.2, 0.25) is 0 Å². The van der Waals surface area contributed by atoms with Crippen LogP contribution in [0.1, 0.15) is 12.8 Å². The van der Waals surface area contributed by atoms with E-state index in [0.29, 0.717) is 6.42 Å². The van der Waals surface area contributed by atoms with Gasteiger partial charge in [-0.3, -0.25) is 0 Å².